The van der Waals surface area contributed by atoms with Crippen LogP contribution in [0.15, 0.2) is 48.0 Å². The lowest BCUT2D eigenvalue weighted by molar-refractivity contribution is -0.384. The van der Waals surface area contributed by atoms with E-state index in [0.717, 1.165) is 0 Å². The second-order valence-electron chi connectivity index (χ2n) is 4.89. The van der Waals surface area contributed by atoms with Gasteiger partial charge in [0.05, 0.1) is 12.0 Å². The third kappa shape index (κ3) is 4.57. The maximum Gasteiger partial charge on any atom is 0.269 e. The van der Waals surface area contributed by atoms with Gasteiger partial charge in [-0.2, -0.15) is 10.5 Å². The van der Waals surface area contributed by atoms with Gasteiger partial charge in [0.2, 0.25) is 0 Å². The second kappa shape index (κ2) is 8.14. The Labute approximate surface area is 144 Å². The van der Waals surface area contributed by atoms with Crippen LogP contribution in [0.3, 0.4) is 0 Å². The molecule has 0 saturated carbocycles. The van der Waals surface area contributed by atoms with Crippen molar-refractivity contribution in [1.82, 2.24) is 0 Å². The first-order chi connectivity index (χ1) is 12.1. The molecule has 0 amide bonds. The van der Waals surface area contributed by atoms with Gasteiger partial charge in [0, 0.05) is 17.7 Å². The Kier molecular flexibility index (Phi) is 5.70. The summed E-state index contributed by atoms with van der Waals surface area (Å²) in [6, 6.07) is 14.5. The van der Waals surface area contributed by atoms with Crippen molar-refractivity contribution in [2.24, 2.45) is 0 Å². The molecular weight excluding hydrogens is 322 g/mol. The van der Waals surface area contributed by atoms with E-state index in [2.05, 4.69) is 0 Å². The number of hydrogen-bond donors (Lipinski definition) is 0. The van der Waals surface area contributed by atoms with Crippen LogP contribution in [0.4, 0.5) is 5.69 Å². The van der Waals surface area contributed by atoms with E-state index in [9.17, 15) is 10.1 Å². The van der Waals surface area contributed by atoms with E-state index in [0.29, 0.717) is 22.6 Å². The van der Waals surface area contributed by atoms with Crippen molar-refractivity contribution in [1.29, 1.82) is 10.5 Å². The molecule has 0 spiro atoms. The topological polar surface area (TPSA) is 109 Å². The summed E-state index contributed by atoms with van der Waals surface area (Å²) in [6.07, 6.45) is 1.47. The van der Waals surface area contributed by atoms with Crippen LogP contribution >= 0.6 is 0 Å². The van der Waals surface area contributed by atoms with Crippen molar-refractivity contribution in [3.05, 3.63) is 69.3 Å². The van der Waals surface area contributed by atoms with Crippen LogP contribution in [0.25, 0.3) is 6.08 Å². The molecule has 2 aromatic carbocycles. The highest BCUT2D eigenvalue weighted by Crippen LogP contribution is 2.24. The minimum atomic E-state index is -0.482. The van der Waals surface area contributed by atoms with Gasteiger partial charge < -0.3 is 9.47 Å². The number of nitro groups is 1. The fourth-order valence-electron chi connectivity index (χ4n) is 2.08. The summed E-state index contributed by atoms with van der Waals surface area (Å²) in [5, 5.41) is 28.3. The van der Waals surface area contributed by atoms with E-state index in [-0.39, 0.29) is 17.9 Å². The molecule has 0 atom stereocenters. The summed E-state index contributed by atoms with van der Waals surface area (Å²) >= 11 is 0. The largest absolute Gasteiger partial charge is 0.496 e. The Morgan fingerprint density at radius 3 is 2.44 bits per heavy atom. The standard InChI is InChI=1S/C18H13N3O4/c1-24-18-7-2-13(8-14(10-19)11-20)9-15(18)12-25-17-5-3-16(4-6-17)21(22)23/h2-9H,12H2,1H3. The molecule has 0 N–H and O–H groups in total. The van der Waals surface area contributed by atoms with Crippen LogP contribution in [0, 0.1) is 32.8 Å². The minimum absolute atomic E-state index is 0.00703. The maximum atomic E-state index is 10.6. The lowest BCUT2D eigenvalue weighted by Crippen LogP contribution is -1.99. The van der Waals surface area contributed by atoms with Gasteiger partial charge in [0.15, 0.2) is 0 Å². The van der Waals surface area contributed by atoms with Crippen LogP contribution in [0.2, 0.25) is 0 Å². The second-order valence-corrected chi connectivity index (χ2v) is 4.89. The zero-order valence-electron chi connectivity index (χ0n) is 13.3. The molecule has 0 radical (unpaired) electrons. The number of allylic oxidation sites excluding steroid dienone is 1. The van der Waals surface area contributed by atoms with Crippen molar-refractivity contribution in [2.75, 3.05) is 7.11 Å². The van der Waals surface area contributed by atoms with Crippen molar-refractivity contribution in [3.8, 4) is 23.6 Å². The third-order valence-electron chi connectivity index (χ3n) is 3.30. The van der Waals surface area contributed by atoms with Gasteiger partial charge in [0.1, 0.15) is 35.8 Å². The Morgan fingerprint density at radius 2 is 1.88 bits per heavy atom. The number of nitriles is 2. The summed E-state index contributed by atoms with van der Waals surface area (Å²) in [4.78, 5) is 10.2. The van der Waals surface area contributed by atoms with Gasteiger partial charge >= 0.3 is 0 Å². The van der Waals surface area contributed by atoms with Crippen LogP contribution in [-0.2, 0) is 6.61 Å². The summed E-state index contributed by atoms with van der Waals surface area (Å²) in [7, 11) is 1.52. The molecule has 0 aromatic heterocycles. The van der Waals surface area contributed by atoms with Gasteiger partial charge in [-0.25, -0.2) is 0 Å². The van der Waals surface area contributed by atoms with E-state index in [4.69, 9.17) is 20.0 Å². The first-order valence-corrected chi connectivity index (χ1v) is 7.13. The smallest absolute Gasteiger partial charge is 0.269 e. The number of nitro benzene ring substituents is 1. The molecule has 0 unspecified atom stereocenters. The minimum Gasteiger partial charge on any atom is -0.496 e. The summed E-state index contributed by atoms with van der Waals surface area (Å²) in [5.74, 6) is 1.07. The Morgan fingerprint density at radius 1 is 1.20 bits per heavy atom. The fraction of sp³-hybridized carbons (Fsp3) is 0.111. The zero-order chi connectivity index (χ0) is 18.2. The molecule has 7 heteroatoms. The van der Waals surface area contributed by atoms with Crippen molar-refractivity contribution in [3.63, 3.8) is 0 Å². The number of hydrogen-bond acceptors (Lipinski definition) is 6. The summed E-state index contributed by atoms with van der Waals surface area (Å²) in [6.45, 7) is 0.164. The lowest BCUT2D eigenvalue weighted by Gasteiger charge is -2.11. The van der Waals surface area contributed by atoms with Gasteiger partial charge in [-0.15, -0.1) is 0 Å². The SMILES string of the molecule is COc1ccc(C=C(C#N)C#N)cc1COc1ccc([N+](=O)[O-])cc1. The molecule has 2 rings (SSSR count). The number of rotatable bonds is 6. The highest BCUT2D eigenvalue weighted by molar-refractivity contribution is 5.63. The predicted molar refractivity (Wildman–Crippen MR) is 89.6 cm³/mol. The van der Waals surface area contributed by atoms with Crippen LogP contribution < -0.4 is 9.47 Å². The first-order valence-electron chi connectivity index (χ1n) is 7.13. The number of ether oxygens (including phenoxy) is 2. The van der Waals surface area contributed by atoms with E-state index >= 15 is 0 Å². The normalized spacial score (nSPS) is 9.40. The molecule has 0 bridgehead atoms. The Balaban J connectivity index is 2.20. The molecule has 0 saturated heterocycles. The number of non-ortho nitro benzene ring substituents is 1. The molecule has 124 valence electrons. The van der Waals surface area contributed by atoms with Crippen molar-refractivity contribution in [2.45, 2.75) is 6.61 Å². The Hall–Kier alpha value is -3.84. The first kappa shape index (κ1) is 17.5. The quantitative estimate of drug-likeness (QED) is 0.453. The fourth-order valence-corrected chi connectivity index (χ4v) is 2.08. The van der Waals surface area contributed by atoms with E-state index < -0.39 is 4.92 Å². The van der Waals surface area contributed by atoms with Crippen LogP contribution in [-0.4, -0.2) is 12.0 Å². The average Bonchev–Trinajstić information content (AvgIpc) is 2.64. The molecule has 0 aliphatic heterocycles. The van der Waals surface area contributed by atoms with Crippen molar-refractivity contribution >= 4 is 11.8 Å². The van der Waals surface area contributed by atoms with E-state index in [1.54, 1.807) is 30.3 Å². The van der Waals surface area contributed by atoms with Gasteiger partial charge in [0.25, 0.3) is 5.69 Å². The van der Waals surface area contributed by atoms with E-state index in [1.165, 1.54) is 37.5 Å². The highest BCUT2D eigenvalue weighted by atomic mass is 16.6. The highest BCUT2D eigenvalue weighted by Gasteiger charge is 2.08. The molecule has 0 aliphatic carbocycles. The summed E-state index contributed by atoms with van der Waals surface area (Å²) < 4.78 is 10.9. The predicted octanol–water partition coefficient (Wildman–Crippen LogP) is 3.61. The van der Waals surface area contributed by atoms with Crippen LogP contribution in [0.5, 0.6) is 11.5 Å². The summed E-state index contributed by atoms with van der Waals surface area (Å²) in [5.41, 5.74) is 1.36. The monoisotopic (exact) mass is 335 g/mol. The molecule has 0 aliphatic rings. The van der Waals surface area contributed by atoms with E-state index in [1.807, 2.05) is 0 Å². The molecule has 25 heavy (non-hydrogen) atoms. The van der Waals surface area contributed by atoms with Gasteiger partial charge in [-0.05, 0) is 35.9 Å². The lowest BCUT2D eigenvalue weighted by atomic mass is 10.1. The van der Waals surface area contributed by atoms with Gasteiger partial charge in [-0.3, -0.25) is 10.1 Å². The number of methoxy groups -OCH3 is 1. The number of benzene rings is 2. The maximum absolute atomic E-state index is 10.6. The van der Waals surface area contributed by atoms with Crippen molar-refractivity contribution < 1.29 is 14.4 Å². The third-order valence-corrected chi connectivity index (χ3v) is 3.30. The molecule has 0 fully saturated rings. The Bertz CT molecular complexity index is 874. The van der Waals surface area contributed by atoms with Gasteiger partial charge in [-0.1, -0.05) is 6.07 Å². The zero-order valence-corrected chi connectivity index (χ0v) is 13.3. The molecule has 0 heterocycles. The van der Waals surface area contributed by atoms with Crippen LogP contribution in [0.1, 0.15) is 11.1 Å². The molecular formula is C18H13N3O4. The average molecular weight is 335 g/mol. The number of nitrogens with zero attached hydrogens (tertiary/aromatic N) is 3. The molecule has 7 nitrogen and oxygen atoms in total. The molecule has 2 aromatic rings.